The average molecular weight is 283 g/mol. The molecule has 0 saturated carbocycles. The Kier molecular flexibility index (Phi) is 4.30. The number of esters is 1. The minimum Gasteiger partial charge on any atom is -0.468 e. The summed E-state index contributed by atoms with van der Waals surface area (Å²) in [7, 11) is -3.60. The maximum absolute atomic E-state index is 13.2. The zero-order valence-electron chi connectivity index (χ0n) is 9.04. The van der Waals surface area contributed by atoms with Gasteiger partial charge in [0.15, 0.2) is 4.90 Å². The van der Waals surface area contributed by atoms with Crippen molar-refractivity contribution in [3.05, 3.63) is 29.6 Å². The number of benzene rings is 1. The largest absolute Gasteiger partial charge is 0.468 e. The standard InChI is InChI=1S/C9H8F3NO4S/c1-17-8(14)4-13-18(15,16)9-6(11)2-5(10)3-7(9)12/h2-3,13H,4H2,1H3. The minimum atomic E-state index is -4.61. The molecule has 0 aromatic heterocycles. The van der Waals surface area contributed by atoms with Gasteiger partial charge in [0.1, 0.15) is 24.0 Å². The number of ether oxygens (including phenoxy) is 1. The zero-order chi connectivity index (χ0) is 13.9. The first kappa shape index (κ1) is 14.5. The van der Waals surface area contributed by atoms with Crippen molar-refractivity contribution >= 4 is 16.0 Å². The van der Waals surface area contributed by atoms with E-state index in [1.54, 1.807) is 4.72 Å². The van der Waals surface area contributed by atoms with E-state index in [2.05, 4.69) is 4.74 Å². The molecule has 0 bridgehead atoms. The summed E-state index contributed by atoms with van der Waals surface area (Å²) < 4.78 is 67.7. The molecule has 1 aromatic carbocycles. The summed E-state index contributed by atoms with van der Waals surface area (Å²) in [6.07, 6.45) is 0. The van der Waals surface area contributed by atoms with E-state index in [9.17, 15) is 26.4 Å². The van der Waals surface area contributed by atoms with Crippen LogP contribution in [-0.4, -0.2) is 28.0 Å². The van der Waals surface area contributed by atoms with Gasteiger partial charge in [-0.25, -0.2) is 21.6 Å². The summed E-state index contributed by atoms with van der Waals surface area (Å²) in [5.74, 6) is -5.38. The molecule has 0 spiro atoms. The zero-order valence-corrected chi connectivity index (χ0v) is 9.85. The lowest BCUT2D eigenvalue weighted by Gasteiger charge is -2.07. The molecule has 0 radical (unpaired) electrons. The van der Waals surface area contributed by atoms with Gasteiger partial charge in [0.05, 0.1) is 7.11 Å². The van der Waals surface area contributed by atoms with Gasteiger partial charge in [0.25, 0.3) is 0 Å². The fraction of sp³-hybridized carbons (Fsp3) is 0.222. The number of rotatable bonds is 4. The maximum atomic E-state index is 13.2. The maximum Gasteiger partial charge on any atom is 0.320 e. The Bertz CT molecular complexity index is 550. The van der Waals surface area contributed by atoms with E-state index >= 15 is 0 Å². The molecule has 0 fully saturated rings. The molecule has 0 atom stereocenters. The third-order valence-electron chi connectivity index (χ3n) is 1.87. The van der Waals surface area contributed by atoms with Crippen LogP contribution in [0.4, 0.5) is 13.2 Å². The number of methoxy groups -OCH3 is 1. The monoisotopic (exact) mass is 283 g/mol. The smallest absolute Gasteiger partial charge is 0.320 e. The molecule has 0 aliphatic heterocycles. The lowest BCUT2D eigenvalue weighted by Crippen LogP contribution is -2.31. The number of carbonyl (C=O) groups is 1. The Hall–Kier alpha value is -1.61. The summed E-state index contributed by atoms with van der Waals surface area (Å²) in [6.45, 7) is -0.797. The molecule has 18 heavy (non-hydrogen) atoms. The molecule has 1 rings (SSSR count). The third-order valence-corrected chi connectivity index (χ3v) is 3.32. The summed E-state index contributed by atoms with van der Waals surface area (Å²) >= 11 is 0. The predicted molar refractivity (Wildman–Crippen MR) is 53.5 cm³/mol. The van der Waals surface area contributed by atoms with E-state index in [-0.39, 0.29) is 12.1 Å². The van der Waals surface area contributed by atoms with Crippen molar-refractivity contribution in [1.29, 1.82) is 0 Å². The minimum absolute atomic E-state index is 0.218. The molecular weight excluding hydrogens is 275 g/mol. The van der Waals surface area contributed by atoms with Crippen LogP contribution in [0.1, 0.15) is 0 Å². The van der Waals surface area contributed by atoms with Crippen molar-refractivity contribution in [2.45, 2.75) is 4.90 Å². The predicted octanol–water partition coefficient (Wildman–Crippen LogP) is 0.555. The van der Waals surface area contributed by atoms with Crippen LogP contribution in [0.2, 0.25) is 0 Å². The number of carbonyl (C=O) groups excluding carboxylic acids is 1. The van der Waals surface area contributed by atoms with Gasteiger partial charge < -0.3 is 4.74 Å². The van der Waals surface area contributed by atoms with Crippen LogP contribution in [0, 0.1) is 17.5 Å². The number of halogens is 3. The van der Waals surface area contributed by atoms with E-state index in [1.165, 1.54) is 0 Å². The number of hydrogen-bond acceptors (Lipinski definition) is 4. The SMILES string of the molecule is COC(=O)CNS(=O)(=O)c1c(F)cc(F)cc1F. The molecule has 1 aromatic rings. The molecule has 100 valence electrons. The summed E-state index contributed by atoms with van der Waals surface area (Å²) in [5.41, 5.74) is 0. The third kappa shape index (κ3) is 3.20. The number of sulfonamides is 1. The van der Waals surface area contributed by atoms with Crippen molar-refractivity contribution < 1.29 is 31.1 Å². The second-order valence-corrected chi connectivity index (χ2v) is 4.80. The quantitative estimate of drug-likeness (QED) is 0.819. The van der Waals surface area contributed by atoms with Crippen molar-refractivity contribution in [1.82, 2.24) is 4.72 Å². The topological polar surface area (TPSA) is 72.5 Å². The molecule has 0 heterocycles. The first-order chi connectivity index (χ1) is 8.27. The fourth-order valence-corrected chi connectivity index (χ4v) is 2.17. The summed E-state index contributed by atoms with van der Waals surface area (Å²) in [4.78, 5) is 9.36. The second kappa shape index (κ2) is 5.36. The Morgan fingerprint density at radius 1 is 1.28 bits per heavy atom. The van der Waals surface area contributed by atoms with Gasteiger partial charge >= 0.3 is 5.97 Å². The first-order valence-corrected chi connectivity index (χ1v) is 5.97. The average Bonchev–Trinajstić information content (AvgIpc) is 2.24. The van der Waals surface area contributed by atoms with Gasteiger partial charge in [0.2, 0.25) is 10.0 Å². The van der Waals surface area contributed by atoms with Crippen molar-refractivity contribution in [2.24, 2.45) is 0 Å². The van der Waals surface area contributed by atoms with Crippen molar-refractivity contribution in [3.63, 3.8) is 0 Å². The fourth-order valence-electron chi connectivity index (χ4n) is 1.08. The van der Waals surface area contributed by atoms with Gasteiger partial charge in [-0.2, -0.15) is 4.72 Å². The molecule has 9 heteroatoms. The van der Waals surface area contributed by atoms with E-state index in [1.807, 2.05) is 0 Å². The van der Waals surface area contributed by atoms with Crippen LogP contribution >= 0.6 is 0 Å². The van der Waals surface area contributed by atoms with Crippen LogP contribution in [-0.2, 0) is 19.6 Å². The first-order valence-electron chi connectivity index (χ1n) is 4.49. The Labute approximate surface area is 101 Å². The summed E-state index contributed by atoms with van der Waals surface area (Å²) in [6, 6.07) is 0.436. The highest BCUT2D eigenvalue weighted by molar-refractivity contribution is 7.89. The van der Waals surface area contributed by atoms with Crippen LogP contribution in [0.5, 0.6) is 0 Å². The van der Waals surface area contributed by atoms with Gasteiger partial charge in [-0.05, 0) is 0 Å². The Morgan fingerprint density at radius 3 is 2.22 bits per heavy atom. The molecule has 5 nitrogen and oxygen atoms in total. The molecule has 0 aliphatic carbocycles. The molecule has 0 saturated heterocycles. The van der Waals surface area contributed by atoms with Crippen LogP contribution in [0.25, 0.3) is 0 Å². The molecule has 0 aliphatic rings. The van der Waals surface area contributed by atoms with E-state index in [0.29, 0.717) is 0 Å². The number of hydrogen-bond donors (Lipinski definition) is 1. The Balaban J connectivity index is 3.10. The van der Waals surface area contributed by atoms with Crippen molar-refractivity contribution in [3.8, 4) is 0 Å². The highest BCUT2D eigenvalue weighted by atomic mass is 32.2. The van der Waals surface area contributed by atoms with Crippen molar-refractivity contribution in [2.75, 3.05) is 13.7 Å². The molecular formula is C9H8F3NO4S. The van der Waals surface area contributed by atoms with Gasteiger partial charge in [0, 0.05) is 12.1 Å². The van der Waals surface area contributed by atoms with E-state index in [4.69, 9.17) is 0 Å². The highest BCUT2D eigenvalue weighted by Gasteiger charge is 2.25. The molecule has 0 unspecified atom stereocenters. The van der Waals surface area contributed by atoms with Crippen LogP contribution in [0.15, 0.2) is 17.0 Å². The lowest BCUT2D eigenvalue weighted by atomic mass is 10.3. The van der Waals surface area contributed by atoms with Crippen LogP contribution in [0.3, 0.4) is 0 Å². The van der Waals surface area contributed by atoms with Gasteiger partial charge in [-0.1, -0.05) is 0 Å². The number of nitrogens with one attached hydrogen (secondary N) is 1. The summed E-state index contributed by atoms with van der Waals surface area (Å²) in [5, 5.41) is 0. The van der Waals surface area contributed by atoms with Gasteiger partial charge in [-0.15, -0.1) is 0 Å². The van der Waals surface area contributed by atoms with E-state index < -0.39 is 44.9 Å². The second-order valence-electron chi connectivity index (χ2n) is 3.10. The highest BCUT2D eigenvalue weighted by Crippen LogP contribution is 2.19. The Morgan fingerprint density at radius 2 is 1.78 bits per heavy atom. The molecule has 1 N–H and O–H groups in total. The lowest BCUT2D eigenvalue weighted by molar-refractivity contribution is -0.139. The van der Waals surface area contributed by atoms with Crippen LogP contribution < -0.4 is 4.72 Å². The normalized spacial score (nSPS) is 11.3. The van der Waals surface area contributed by atoms with Gasteiger partial charge in [-0.3, -0.25) is 4.79 Å². The van der Waals surface area contributed by atoms with E-state index in [0.717, 1.165) is 7.11 Å². The molecule has 0 amide bonds.